The van der Waals surface area contributed by atoms with Gasteiger partial charge in [0.15, 0.2) is 5.69 Å². The van der Waals surface area contributed by atoms with Crippen LogP contribution in [0.1, 0.15) is 23.6 Å². The Balaban J connectivity index is 1.57. The molecule has 1 aromatic carbocycles. The number of hydrogen-bond acceptors (Lipinski definition) is 4. The molecule has 4 nitrogen and oxygen atoms in total. The third-order valence-corrected chi connectivity index (χ3v) is 4.17. The number of nitrogens with one attached hydrogen (secondary N) is 1. The SMILES string of the molecule is N#Cc1ccc(NCC2CC2c2ccc(Cl)cc2Cl)nn1. The number of aromatic nitrogens is 2. The van der Waals surface area contributed by atoms with Crippen molar-refractivity contribution < 1.29 is 0 Å². The van der Waals surface area contributed by atoms with Crippen LogP contribution >= 0.6 is 23.2 Å². The molecule has 3 rings (SSSR count). The summed E-state index contributed by atoms with van der Waals surface area (Å²) in [6.07, 6.45) is 1.10. The van der Waals surface area contributed by atoms with Gasteiger partial charge < -0.3 is 5.32 Å². The van der Waals surface area contributed by atoms with Crippen molar-refractivity contribution in [2.45, 2.75) is 12.3 Å². The molecule has 21 heavy (non-hydrogen) atoms. The normalized spacial score (nSPS) is 19.9. The van der Waals surface area contributed by atoms with Crippen molar-refractivity contribution in [2.75, 3.05) is 11.9 Å². The van der Waals surface area contributed by atoms with E-state index in [1.807, 2.05) is 18.2 Å². The summed E-state index contributed by atoms with van der Waals surface area (Å²) in [4.78, 5) is 0. The van der Waals surface area contributed by atoms with E-state index in [2.05, 4.69) is 15.5 Å². The molecule has 1 fully saturated rings. The number of anilines is 1. The van der Waals surface area contributed by atoms with Gasteiger partial charge >= 0.3 is 0 Å². The van der Waals surface area contributed by atoms with Gasteiger partial charge in [0.25, 0.3) is 0 Å². The summed E-state index contributed by atoms with van der Waals surface area (Å²) in [7, 11) is 0. The van der Waals surface area contributed by atoms with E-state index in [9.17, 15) is 0 Å². The molecule has 2 unspecified atom stereocenters. The van der Waals surface area contributed by atoms with Crippen LogP contribution in [0, 0.1) is 17.2 Å². The second kappa shape index (κ2) is 5.88. The van der Waals surface area contributed by atoms with E-state index in [-0.39, 0.29) is 0 Å². The van der Waals surface area contributed by atoms with Crippen LogP contribution in [0.25, 0.3) is 0 Å². The van der Waals surface area contributed by atoms with Crippen molar-refractivity contribution in [3.05, 3.63) is 51.6 Å². The van der Waals surface area contributed by atoms with E-state index in [0.29, 0.717) is 28.4 Å². The topological polar surface area (TPSA) is 61.6 Å². The fourth-order valence-corrected chi connectivity index (χ4v) is 2.93. The molecule has 0 radical (unpaired) electrons. The molecule has 0 saturated heterocycles. The quantitative estimate of drug-likeness (QED) is 0.929. The molecule has 6 heteroatoms. The molecular formula is C15H12Cl2N4. The standard InChI is InChI=1S/C15H12Cl2N4/c16-10-1-3-12(14(17)6-10)13-5-9(13)8-19-15-4-2-11(7-18)20-21-15/h1-4,6,9,13H,5,8H2,(H,19,21). The summed E-state index contributed by atoms with van der Waals surface area (Å²) in [6.45, 7) is 0.810. The van der Waals surface area contributed by atoms with Crippen LogP contribution in [-0.4, -0.2) is 16.7 Å². The lowest BCUT2D eigenvalue weighted by Crippen LogP contribution is -2.07. The predicted octanol–water partition coefficient (Wildman–Crippen LogP) is 3.87. The first-order chi connectivity index (χ1) is 10.2. The number of halogens is 2. The first-order valence-corrected chi connectivity index (χ1v) is 7.35. The first kappa shape index (κ1) is 14.1. The fraction of sp³-hybridized carbons (Fsp3) is 0.267. The van der Waals surface area contributed by atoms with E-state index in [1.165, 1.54) is 0 Å². The minimum absolute atomic E-state index is 0.317. The molecule has 2 atom stereocenters. The molecule has 0 bridgehead atoms. The van der Waals surface area contributed by atoms with Crippen LogP contribution in [0.2, 0.25) is 10.0 Å². The molecule has 1 saturated carbocycles. The highest BCUT2D eigenvalue weighted by atomic mass is 35.5. The zero-order valence-corrected chi connectivity index (χ0v) is 12.6. The minimum Gasteiger partial charge on any atom is -0.368 e. The van der Waals surface area contributed by atoms with Gasteiger partial charge in [-0.1, -0.05) is 29.3 Å². The van der Waals surface area contributed by atoms with Crippen molar-refractivity contribution in [1.82, 2.24) is 10.2 Å². The van der Waals surface area contributed by atoms with Crippen LogP contribution in [0.4, 0.5) is 5.82 Å². The maximum Gasteiger partial charge on any atom is 0.163 e. The molecule has 1 aromatic heterocycles. The lowest BCUT2D eigenvalue weighted by atomic mass is 10.1. The molecule has 106 valence electrons. The second-order valence-corrected chi connectivity index (χ2v) is 5.91. The maximum atomic E-state index is 8.67. The van der Waals surface area contributed by atoms with E-state index in [4.69, 9.17) is 28.5 Å². The Morgan fingerprint density at radius 3 is 2.76 bits per heavy atom. The second-order valence-electron chi connectivity index (χ2n) is 5.06. The van der Waals surface area contributed by atoms with Crippen LogP contribution in [-0.2, 0) is 0 Å². The van der Waals surface area contributed by atoms with Crippen molar-refractivity contribution in [1.29, 1.82) is 5.26 Å². The highest BCUT2D eigenvalue weighted by Crippen LogP contribution is 2.49. The third-order valence-electron chi connectivity index (χ3n) is 3.61. The lowest BCUT2D eigenvalue weighted by Gasteiger charge is -2.06. The van der Waals surface area contributed by atoms with Gasteiger partial charge in [-0.05, 0) is 48.1 Å². The number of rotatable bonds is 4. The Labute approximate surface area is 132 Å². The largest absolute Gasteiger partial charge is 0.368 e. The first-order valence-electron chi connectivity index (χ1n) is 6.60. The predicted molar refractivity (Wildman–Crippen MR) is 82.5 cm³/mol. The minimum atomic E-state index is 0.317. The summed E-state index contributed by atoms with van der Waals surface area (Å²) in [6, 6.07) is 11.0. The van der Waals surface area contributed by atoms with Gasteiger partial charge in [-0.3, -0.25) is 0 Å². The van der Waals surface area contributed by atoms with E-state index in [1.54, 1.807) is 18.2 Å². The number of benzene rings is 1. The molecule has 1 aliphatic rings. The zero-order valence-electron chi connectivity index (χ0n) is 11.1. The van der Waals surface area contributed by atoms with Crippen LogP contribution in [0.15, 0.2) is 30.3 Å². The van der Waals surface area contributed by atoms with Crippen LogP contribution in [0.3, 0.4) is 0 Å². The smallest absolute Gasteiger partial charge is 0.163 e. The fourth-order valence-electron chi connectivity index (χ4n) is 2.38. The Hall–Kier alpha value is -1.83. The highest BCUT2D eigenvalue weighted by molar-refractivity contribution is 6.35. The summed E-state index contributed by atoms with van der Waals surface area (Å²) in [5, 5.41) is 21.0. The zero-order chi connectivity index (χ0) is 14.8. The number of nitrogens with zero attached hydrogens (tertiary/aromatic N) is 3. The summed E-state index contributed by atoms with van der Waals surface area (Å²) < 4.78 is 0. The average molecular weight is 319 g/mol. The monoisotopic (exact) mass is 318 g/mol. The highest BCUT2D eigenvalue weighted by Gasteiger charge is 2.39. The molecule has 0 aliphatic heterocycles. The molecule has 0 amide bonds. The summed E-state index contributed by atoms with van der Waals surface area (Å²) >= 11 is 12.1. The Kier molecular flexibility index (Phi) is 3.96. The molecule has 2 aromatic rings. The van der Waals surface area contributed by atoms with Crippen LogP contribution in [0.5, 0.6) is 0 Å². The van der Waals surface area contributed by atoms with Gasteiger partial charge in [-0.15, -0.1) is 10.2 Å². The Morgan fingerprint density at radius 1 is 1.24 bits per heavy atom. The van der Waals surface area contributed by atoms with Gasteiger partial charge in [0, 0.05) is 16.6 Å². The third kappa shape index (κ3) is 3.26. The van der Waals surface area contributed by atoms with E-state index in [0.717, 1.165) is 23.6 Å². The number of nitriles is 1. The Morgan fingerprint density at radius 2 is 2.10 bits per heavy atom. The van der Waals surface area contributed by atoms with Crippen molar-refractivity contribution >= 4 is 29.0 Å². The molecule has 1 aliphatic carbocycles. The van der Waals surface area contributed by atoms with E-state index < -0.39 is 0 Å². The molecule has 1 N–H and O–H groups in total. The average Bonchev–Trinajstić information content (AvgIpc) is 3.25. The van der Waals surface area contributed by atoms with Gasteiger partial charge in [0.1, 0.15) is 11.9 Å². The molecule has 0 spiro atoms. The van der Waals surface area contributed by atoms with Gasteiger partial charge in [0.05, 0.1) is 0 Å². The summed E-state index contributed by atoms with van der Waals surface area (Å²) in [5.41, 5.74) is 1.47. The summed E-state index contributed by atoms with van der Waals surface area (Å²) in [5.74, 6) is 1.68. The van der Waals surface area contributed by atoms with Crippen LogP contribution < -0.4 is 5.32 Å². The molecule has 1 heterocycles. The lowest BCUT2D eigenvalue weighted by molar-refractivity contribution is 0.834. The van der Waals surface area contributed by atoms with Gasteiger partial charge in [0.2, 0.25) is 0 Å². The van der Waals surface area contributed by atoms with Crippen molar-refractivity contribution in [2.24, 2.45) is 5.92 Å². The van der Waals surface area contributed by atoms with Crippen molar-refractivity contribution in [3.8, 4) is 6.07 Å². The molecular weight excluding hydrogens is 307 g/mol. The van der Waals surface area contributed by atoms with Crippen molar-refractivity contribution in [3.63, 3.8) is 0 Å². The maximum absolute atomic E-state index is 8.67. The van der Waals surface area contributed by atoms with E-state index >= 15 is 0 Å². The number of hydrogen-bond donors (Lipinski definition) is 1. The van der Waals surface area contributed by atoms with Gasteiger partial charge in [-0.25, -0.2) is 0 Å². The van der Waals surface area contributed by atoms with Gasteiger partial charge in [-0.2, -0.15) is 5.26 Å². The Bertz CT molecular complexity index is 694.